The molecular weight excluding hydrogens is 218 g/mol. The lowest BCUT2D eigenvalue weighted by molar-refractivity contribution is 0.0684. The van der Waals surface area contributed by atoms with Crippen molar-refractivity contribution in [3.05, 3.63) is 16.6 Å². The topological polar surface area (TPSA) is 33.1 Å². The summed E-state index contributed by atoms with van der Waals surface area (Å²) >= 11 is 1.65. The first-order valence-corrected chi connectivity index (χ1v) is 7.24. The van der Waals surface area contributed by atoms with E-state index >= 15 is 0 Å². The van der Waals surface area contributed by atoms with Crippen LogP contribution in [0.5, 0.6) is 0 Å². The third-order valence-corrected chi connectivity index (χ3v) is 4.61. The molecule has 0 amide bonds. The minimum absolute atomic E-state index is 0.180. The van der Waals surface area contributed by atoms with Gasteiger partial charge in [0.2, 0.25) is 0 Å². The molecule has 3 atom stereocenters. The largest absolute Gasteiger partial charge is 0.392 e. The normalized spacial score (nSPS) is 27.9. The Bertz CT molecular complexity index is 299. The van der Waals surface area contributed by atoms with Crippen molar-refractivity contribution < 1.29 is 5.11 Å². The standard InChI is InChI=1S/C13H21NOS/c1-2-10-4-3-5-11(8-10)12(15)9-13-14-6-7-16-13/h6-7,10-12,15H,2-5,8-9H2,1H3. The molecule has 0 aliphatic heterocycles. The number of hydrogen-bond donors (Lipinski definition) is 1. The van der Waals surface area contributed by atoms with Gasteiger partial charge in [-0.2, -0.15) is 0 Å². The average Bonchev–Trinajstić information content (AvgIpc) is 2.82. The molecular formula is C13H21NOS. The van der Waals surface area contributed by atoms with Gasteiger partial charge in [-0.3, -0.25) is 0 Å². The van der Waals surface area contributed by atoms with Gasteiger partial charge in [0.25, 0.3) is 0 Å². The van der Waals surface area contributed by atoms with Crippen molar-refractivity contribution in [3.63, 3.8) is 0 Å². The quantitative estimate of drug-likeness (QED) is 0.875. The fourth-order valence-corrected chi connectivity index (χ4v) is 3.42. The van der Waals surface area contributed by atoms with E-state index in [1.165, 1.54) is 32.1 Å². The van der Waals surface area contributed by atoms with Gasteiger partial charge in [0.15, 0.2) is 0 Å². The molecule has 2 rings (SSSR count). The third-order valence-electron chi connectivity index (χ3n) is 3.81. The highest BCUT2D eigenvalue weighted by Crippen LogP contribution is 2.33. The van der Waals surface area contributed by atoms with Crippen molar-refractivity contribution in [2.24, 2.45) is 11.8 Å². The van der Waals surface area contributed by atoms with E-state index < -0.39 is 0 Å². The third kappa shape index (κ3) is 3.05. The Morgan fingerprint density at radius 1 is 1.56 bits per heavy atom. The lowest BCUT2D eigenvalue weighted by Crippen LogP contribution is -2.28. The zero-order chi connectivity index (χ0) is 11.4. The minimum Gasteiger partial charge on any atom is -0.392 e. The first-order chi connectivity index (χ1) is 7.79. The van der Waals surface area contributed by atoms with Crippen molar-refractivity contribution in [1.82, 2.24) is 4.98 Å². The van der Waals surface area contributed by atoms with Crippen LogP contribution in [0, 0.1) is 11.8 Å². The molecule has 1 heterocycles. The maximum absolute atomic E-state index is 10.2. The molecule has 0 bridgehead atoms. The lowest BCUT2D eigenvalue weighted by atomic mass is 9.77. The summed E-state index contributed by atoms with van der Waals surface area (Å²) in [7, 11) is 0. The van der Waals surface area contributed by atoms with Gasteiger partial charge in [0.05, 0.1) is 11.1 Å². The molecule has 1 aromatic heterocycles. The number of aromatic nitrogens is 1. The van der Waals surface area contributed by atoms with Crippen LogP contribution in [-0.4, -0.2) is 16.2 Å². The Morgan fingerprint density at radius 2 is 2.44 bits per heavy atom. The number of hydrogen-bond acceptors (Lipinski definition) is 3. The molecule has 0 radical (unpaired) electrons. The van der Waals surface area contributed by atoms with Crippen LogP contribution in [0.25, 0.3) is 0 Å². The summed E-state index contributed by atoms with van der Waals surface area (Å²) in [5.74, 6) is 1.34. The first-order valence-electron chi connectivity index (χ1n) is 6.36. The molecule has 1 aliphatic rings. The Hall–Kier alpha value is -0.410. The van der Waals surface area contributed by atoms with E-state index in [0.717, 1.165) is 17.3 Å². The second-order valence-corrected chi connectivity index (χ2v) is 5.88. The molecule has 16 heavy (non-hydrogen) atoms. The molecule has 0 saturated heterocycles. The molecule has 0 aromatic carbocycles. The second-order valence-electron chi connectivity index (χ2n) is 4.90. The van der Waals surface area contributed by atoms with Crippen LogP contribution in [0.4, 0.5) is 0 Å². The highest BCUT2D eigenvalue weighted by Gasteiger charge is 2.26. The maximum Gasteiger partial charge on any atom is 0.0950 e. The van der Waals surface area contributed by atoms with Gasteiger partial charge in [0, 0.05) is 18.0 Å². The van der Waals surface area contributed by atoms with Gasteiger partial charge in [-0.1, -0.05) is 26.2 Å². The summed E-state index contributed by atoms with van der Waals surface area (Å²) in [5, 5.41) is 13.3. The smallest absolute Gasteiger partial charge is 0.0950 e. The molecule has 2 nitrogen and oxygen atoms in total. The van der Waals surface area contributed by atoms with E-state index in [4.69, 9.17) is 0 Å². The Balaban J connectivity index is 1.86. The summed E-state index contributed by atoms with van der Waals surface area (Å²) < 4.78 is 0. The van der Waals surface area contributed by atoms with Crippen LogP contribution in [0.1, 0.15) is 44.0 Å². The Kier molecular flexibility index (Phi) is 4.36. The maximum atomic E-state index is 10.2. The van der Waals surface area contributed by atoms with Crippen molar-refractivity contribution in [2.45, 2.75) is 51.6 Å². The first kappa shape index (κ1) is 12.1. The Morgan fingerprint density at radius 3 is 3.12 bits per heavy atom. The fraction of sp³-hybridized carbons (Fsp3) is 0.769. The molecule has 1 fully saturated rings. The SMILES string of the molecule is CCC1CCCC(C(O)Cc2nccs2)C1. The number of rotatable bonds is 4. The molecule has 0 spiro atoms. The van der Waals surface area contributed by atoms with Crippen LogP contribution < -0.4 is 0 Å². The van der Waals surface area contributed by atoms with Gasteiger partial charge >= 0.3 is 0 Å². The summed E-state index contributed by atoms with van der Waals surface area (Å²) in [6, 6.07) is 0. The Labute approximate surface area is 102 Å². The van der Waals surface area contributed by atoms with Gasteiger partial charge < -0.3 is 5.11 Å². The fourth-order valence-electron chi connectivity index (χ4n) is 2.75. The van der Waals surface area contributed by atoms with Crippen LogP contribution in [-0.2, 0) is 6.42 Å². The molecule has 1 N–H and O–H groups in total. The second kappa shape index (κ2) is 5.78. The van der Waals surface area contributed by atoms with Crippen LogP contribution in [0.3, 0.4) is 0 Å². The van der Waals surface area contributed by atoms with E-state index in [1.807, 2.05) is 11.6 Å². The summed E-state index contributed by atoms with van der Waals surface area (Å²) in [6.45, 7) is 2.26. The lowest BCUT2D eigenvalue weighted by Gasteiger charge is -2.31. The van der Waals surface area contributed by atoms with Crippen LogP contribution in [0.2, 0.25) is 0 Å². The van der Waals surface area contributed by atoms with E-state index in [9.17, 15) is 5.11 Å². The monoisotopic (exact) mass is 239 g/mol. The number of nitrogens with zero attached hydrogens (tertiary/aromatic N) is 1. The van der Waals surface area contributed by atoms with E-state index in [1.54, 1.807) is 11.3 Å². The van der Waals surface area contributed by atoms with Gasteiger partial charge in [-0.25, -0.2) is 4.98 Å². The predicted octanol–water partition coefficient (Wildman–Crippen LogP) is 3.26. The van der Waals surface area contributed by atoms with E-state index in [2.05, 4.69) is 11.9 Å². The van der Waals surface area contributed by atoms with E-state index in [-0.39, 0.29) is 6.10 Å². The predicted molar refractivity (Wildman–Crippen MR) is 67.6 cm³/mol. The number of aliphatic hydroxyl groups excluding tert-OH is 1. The van der Waals surface area contributed by atoms with Gasteiger partial charge in [0.1, 0.15) is 0 Å². The molecule has 90 valence electrons. The van der Waals surface area contributed by atoms with Crippen molar-refractivity contribution in [1.29, 1.82) is 0 Å². The van der Waals surface area contributed by atoms with Crippen molar-refractivity contribution in [2.75, 3.05) is 0 Å². The molecule has 1 aliphatic carbocycles. The molecule has 3 heteroatoms. The molecule has 3 unspecified atom stereocenters. The summed E-state index contributed by atoms with van der Waals surface area (Å²) in [5.41, 5.74) is 0. The molecule has 1 aromatic rings. The highest BCUT2D eigenvalue weighted by atomic mass is 32.1. The zero-order valence-corrected chi connectivity index (χ0v) is 10.7. The number of thiazole rings is 1. The average molecular weight is 239 g/mol. The highest BCUT2D eigenvalue weighted by molar-refractivity contribution is 7.09. The summed E-state index contributed by atoms with van der Waals surface area (Å²) in [6.07, 6.45) is 8.71. The van der Waals surface area contributed by atoms with E-state index in [0.29, 0.717) is 5.92 Å². The van der Waals surface area contributed by atoms with Crippen LogP contribution in [0.15, 0.2) is 11.6 Å². The van der Waals surface area contributed by atoms with Gasteiger partial charge in [-0.05, 0) is 24.7 Å². The minimum atomic E-state index is -0.180. The van der Waals surface area contributed by atoms with Crippen molar-refractivity contribution in [3.8, 4) is 0 Å². The van der Waals surface area contributed by atoms with Crippen LogP contribution >= 0.6 is 11.3 Å². The molecule has 1 saturated carbocycles. The van der Waals surface area contributed by atoms with Crippen molar-refractivity contribution >= 4 is 11.3 Å². The number of aliphatic hydroxyl groups is 1. The van der Waals surface area contributed by atoms with Gasteiger partial charge in [-0.15, -0.1) is 11.3 Å². The zero-order valence-electron chi connectivity index (χ0n) is 9.93. The summed E-state index contributed by atoms with van der Waals surface area (Å²) in [4.78, 5) is 4.25.